The fraction of sp³-hybridized carbons (Fsp3) is 0.286. The molecule has 3 aromatic carbocycles. The van der Waals surface area contributed by atoms with Gasteiger partial charge in [-0.05, 0) is 49.2 Å². The van der Waals surface area contributed by atoms with Gasteiger partial charge < -0.3 is 10.2 Å². The summed E-state index contributed by atoms with van der Waals surface area (Å²) in [5.74, 6) is -0.809. The third-order valence-electron chi connectivity index (χ3n) is 5.95. The first-order valence-electron chi connectivity index (χ1n) is 12.0. The first-order valence-corrected chi connectivity index (χ1v) is 13.8. The molecule has 2 amide bonds. The molecule has 0 heterocycles. The Hall–Kier alpha value is -3.20. The lowest BCUT2D eigenvalue weighted by Crippen LogP contribution is -2.53. The highest BCUT2D eigenvalue weighted by Crippen LogP contribution is 2.20. The van der Waals surface area contributed by atoms with Crippen molar-refractivity contribution in [2.75, 3.05) is 20.1 Å². The van der Waals surface area contributed by atoms with Crippen LogP contribution in [0.1, 0.15) is 23.6 Å². The summed E-state index contributed by atoms with van der Waals surface area (Å²) >= 11 is 6.18. The number of benzene rings is 3. The van der Waals surface area contributed by atoms with Gasteiger partial charge in [0.05, 0.1) is 11.4 Å². The maximum Gasteiger partial charge on any atom is 0.243 e. The van der Waals surface area contributed by atoms with Gasteiger partial charge in [-0.3, -0.25) is 9.59 Å². The van der Waals surface area contributed by atoms with E-state index >= 15 is 0 Å². The molecule has 0 aliphatic heterocycles. The van der Waals surface area contributed by atoms with E-state index in [-0.39, 0.29) is 23.8 Å². The van der Waals surface area contributed by atoms with Crippen LogP contribution >= 0.6 is 11.6 Å². The lowest BCUT2D eigenvalue weighted by molar-refractivity contribution is -0.141. The van der Waals surface area contributed by atoms with Crippen LogP contribution in [0.5, 0.6) is 0 Å². The van der Waals surface area contributed by atoms with Crippen LogP contribution in [-0.4, -0.2) is 55.6 Å². The molecule has 0 bridgehead atoms. The van der Waals surface area contributed by atoms with Crippen LogP contribution in [0.4, 0.5) is 0 Å². The fourth-order valence-corrected chi connectivity index (χ4v) is 5.27. The van der Waals surface area contributed by atoms with Gasteiger partial charge in [-0.1, -0.05) is 71.8 Å². The SMILES string of the molecule is CCNC(=O)C(Cc1ccccc1)N(Cc1cccc(Cl)c1)C(=O)CN(C)S(=O)(=O)c1ccc(C)cc1. The summed E-state index contributed by atoms with van der Waals surface area (Å²) in [6, 6.07) is 22.0. The third kappa shape index (κ3) is 7.64. The van der Waals surface area contributed by atoms with Gasteiger partial charge in [0.25, 0.3) is 0 Å². The van der Waals surface area contributed by atoms with E-state index in [4.69, 9.17) is 11.6 Å². The van der Waals surface area contributed by atoms with Gasteiger partial charge in [0.1, 0.15) is 6.04 Å². The number of carbonyl (C=O) groups is 2. The molecule has 7 nitrogen and oxygen atoms in total. The average molecular weight is 542 g/mol. The van der Waals surface area contributed by atoms with Crippen molar-refractivity contribution in [2.24, 2.45) is 0 Å². The molecule has 196 valence electrons. The summed E-state index contributed by atoms with van der Waals surface area (Å²) in [7, 11) is -2.55. The van der Waals surface area contributed by atoms with Gasteiger partial charge >= 0.3 is 0 Å². The van der Waals surface area contributed by atoms with Crippen LogP contribution in [0.15, 0.2) is 83.8 Å². The zero-order valence-corrected chi connectivity index (χ0v) is 22.8. The highest BCUT2D eigenvalue weighted by atomic mass is 35.5. The number of nitrogens with one attached hydrogen (secondary N) is 1. The minimum Gasteiger partial charge on any atom is -0.355 e. The smallest absolute Gasteiger partial charge is 0.243 e. The molecular weight excluding hydrogens is 510 g/mol. The molecule has 1 N–H and O–H groups in total. The number of rotatable bonds is 11. The second kappa shape index (κ2) is 12.9. The standard InChI is InChI=1S/C28H32ClN3O4S/c1-4-30-28(34)26(18-22-9-6-5-7-10-22)32(19-23-11-8-12-24(29)17-23)27(33)20-31(3)37(35,36)25-15-13-21(2)14-16-25/h5-17,26H,4,18-20H2,1-3H3,(H,30,34). The number of nitrogens with zero attached hydrogens (tertiary/aromatic N) is 2. The molecule has 1 atom stereocenters. The number of likely N-dealkylation sites (N-methyl/N-ethyl adjacent to an activating group) is 2. The van der Waals surface area contributed by atoms with E-state index in [2.05, 4.69) is 5.32 Å². The van der Waals surface area contributed by atoms with E-state index in [9.17, 15) is 18.0 Å². The summed E-state index contributed by atoms with van der Waals surface area (Å²) in [5, 5.41) is 3.32. The molecule has 0 saturated heterocycles. The van der Waals surface area contributed by atoms with E-state index < -0.39 is 28.5 Å². The maximum absolute atomic E-state index is 13.7. The van der Waals surface area contributed by atoms with Gasteiger partial charge in [0.15, 0.2) is 0 Å². The van der Waals surface area contributed by atoms with Crippen molar-refractivity contribution in [3.8, 4) is 0 Å². The number of hydrogen-bond donors (Lipinski definition) is 1. The van der Waals surface area contributed by atoms with Crippen molar-refractivity contribution in [1.82, 2.24) is 14.5 Å². The van der Waals surface area contributed by atoms with Crippen LogP contribution in [0, 0.1) is 6.92 Å². The predicted molar refractivity (Wildman–Crippen MR) is 146 cm³/mol. The molecule has 1 unspecified atom stereocenters. The molecule has 0 fully saturated rings. The van der Waals surface area contributed by atoms with Crippen molar-refractivity contribution in [1.29, 1.82) is 0 Å². The van der Waals surface area contributed by atoms with Gasteiger partial charge in [-0.15, -0.1) is 0 Å². The number of hydrogen-bond acceptors (Lipinski definition) is 4. The topological polar surface area (TPSA) is 86.8 Å². The molecule has 0 aliphatic carbocycles. The molecule has 3 aromatic rings. The van der Waals surface area contributed by atoms with Crippen LogP contribution in [-0.2, 0) is 32.6 Å². The number of carbonyl (C=O) groups excluding carboxylic acids is 2. The summed E-state index contributed by atoms with van der Waals surface area (Å²) in [4.78, 5) is 28.5. The van der Waals surface area contributed by atoms with E-state index in [1.54, 1.807) is 30.3 Å². The van der Waals surface area contributed by atoms with E-state index in [1.807, 2.05) is 50.2 Å². The Morgan fingerprint density at radius 3 is 2.22 bits per heavy atom. The molecular formula is C28H32ClN3O4S. The zero-order valence-electron chi connectivity index (χ0n) is 21.2. The van der Waals surface area contributed by atoms with Gasteiger partial charge in [0.2, 0.25) is 21.8 Å². The quantitative estimate of drug-likeness (QED) is 0.397. The van der Waals surface area contributed by atoms with Crippen LogP contribution in [0.3, 0.4) is 0 Å². The van der Waals surface area contributed by atoms with Crippen molar-refractivity contribution in [3.63, 3.8) is 0 Å². The predicted octanol–water partition coefficient (Wildman–Crippen LogP) is 4.05. The van der Waals surface area contributed by atoms with Gasteiger partial charge in [-0.25, -0.2) is 8.42 Å². The average Bonchev–Trinajstić information content (AvgIpc) is 2.87. The number of aryl methyl sites for hydroxylation is 1. The Labute approximate surface area is 224 Å². The molecule has 0 radical (unpaired) electrons. The van der Waals surface area contributed by atoms with Crippen molar-refractivity contribution >= 4 is 33.4 Å². The Morgan fingerprint density at radius 1 is 0.946 bits per heavy atom. The molecule has 9 heteroatoms. The minimum absolute atomic E-state index is 0.0897. The molecule has 0 saturated carbocycles. The largest absolute Gasteiger partial charge is 0.355 e. The Balaban J connectivity index is 1.95. The first kappa shape index (κ1) is 28.4. The normalized spacial score (nSPS) is 12.2. The maximum atomic E-state index is 13.7. The molecule has 0 aliphatic rings. The van der Waals surface area contributed by atoms with Crippen molar-refractivity contribution < 1.29 is 18.0 Å². The third-order valence-corrected chi connectivity index (χ3v) is 8.00. The summed E-state index contributed by atoms with van der Waals surface area (Å²) < 4.78 is 27.3. The second-order valence-electron chi connectivity index (χ2n) is 8.83. The highest BCUT2D eigenvalue weighted by Gasteiger charge is 2.32. The monoisotopic (exact) mass is 541 g/mol. The second-order valence-corrected chi connectivity index (χ2v) is 11.3. The Morgan fingerprint density at radius 2 is 1.59 bits per heavy atom. The fourth-order valence-electron chi connectivity index (χ4n) is 3.93. The summed E-state index contributed by atoms with van der Waals surface area (Å²) in [6.07, 6.45) is 0.271. The summed E-state index contributed by atoms with van der Waals surface area (Å²) in [5.41, 5.74) is 2.53. The van der Waals surface area contributed by atoms with Crippen LogP contribution in [0.25, 0.3) is 0 Å². The number of halogens is 1. The molecule has 0 aromatic heterocycles. The number of amides is 2. The summed E-state index contributed by atoms with van der Waals surface area (Å²) in [6.45, 7) is 3.73. The van der Waals surface area contributed by atoms with E-state index in [0.717, 1.165) is 21.0 Å². The van der Waals surface area contributed by atoms with E-state index in [0.29, 0.717) is 11.6 Å². The Kier molecular flexibility index (Phi) is 9.86. The zero-order chi connectivity index (χ0) is 27.0. The first-order chi connectivity index (χ1) is 17.6. The molecule has 0 spiro atoms. The Bertz CT molecular complexity index is 1310. The molecule has 3 rings (SSSR count). The van der Waals surface area contributed by atoms with Crippen LogP contribution < -0.4 is 5.32 Å². The number of sulfonamides is 1. The lowest BCUT2D eigenvalue weighted by Gasteiger charge is -2.32. The van der Waals surface area contributed by atoms with Crippen LogP contribution in [0.2, 0.25) is 5.02 Å². The molecule has 37 heavy (non-hydrogen) atoms. The highest BCUT2D eigenvalue weighted by molar-refractivity contribution is 7.89. The van der Waals surface area contributed by atoms with Crippen molar-refractivity contribution in [2.45, 2.75) is 37.8 Å². The van der Waals surface area contributed by atoms with E-state index in [1.165, 1.54) is 24.1 Å². The van der Waals surface area contributed by atoms with Gasteiger partial charge in [-0.2, -0.15) is 4.31 Å². The minimum atomic E-state index is -3.91. The van der Waals surface area contributed by atoms with Gasteiger partial charge in [0, 0.05) is 31.6 Å². The lowest BCUT2D eigenvalue weighted by atomic mass is 10.0. The van der Waals surface area contributed by atoms with Crippen molar-refractivity contribution in [3.05, 3.63) is 101 Å².